The van der Waals surface area contributed by atoms with E-state index in [1.54, 1.807) is 21.9 Å². The van der Waals surface area contributed by atoms with Crippen LogP contribution in [0.2, 0.25) is 5.02 Å². The second-order valence-corrected chi connectivity index (χ2v) is 8.39. The van der Waals surface area contributed by atoms with Gasteiger partial charge in [-0.3, -0.25) is 14.3 Å². The number of carbonyl (C=O) groups excluding carboxylic acids is 1. The van der Waals surface area contributed by atoms with Gasteiger partial charge in [0, 0.05) is 25.5 Å². The SMILES string of the molecule is O=C1c2nnc(-c3cnccn3)n2CC(C2CCC2)N1Cc1cccc(C(F)(F)F)c1Cl. The molecule has 0 N–H and O–H groups in total. The van der Waals surface area contributed by atoms with Gasteiger partial charge in [0.05, 0.1) is 22.8 Å². The van der Waals surface area contributed by atoms with Crippen LogP contribution >= 0.6 is 11.6 Å². The molecule has 1 aliphatic carbocycles. The molecule has 1 aromatic carbocycles. The van der Waals surface area contributed by atoms with E-state index < -0.39 is 11.7 Å². The van der Waals surface area contributed by atoms with Crippen molar-refractivity contribution in [3.63, 3.8) is 0 Å². The van der Waals surface area contributed by atoms with Crippen molar-refractivity contribution < 1.29 is 18.0 Å². The van der Waals surface area contributed by atoms with E-state index in [-0.39, 0.29) is 40.8 Å². The number of alkyl halides is 3. The van der Waals surface area contributed by atoms with Gasteiger partial charge in [-0.05, 0) is 30.4 Å². The number of hydrogen-bond donors (Lipinski definition) is 0. The molecule has 1 fully saturated rings. The van der Waals surface area contributed by atoms with Crippen LogP contribution in [0.25, 0.3) is 11.5 Å². The van der Waals surface area contributed by atoms with Crippen LogP contribution in [-0.4, -0.2) is 41.6 Å². The lowest BCUT2D eigenvalue weighted by atomic mass is 9.78. The third-order valence-corrected chi connectivity index (χ3v) is 6.63. The second-order valence-electron chi connectivity index (χ2n) is 8.02. The fourth-order valence-electron chi connectivity index (χ4n) is 4.32. The summed E-state index contributed by atoms with van der Waals surface area (Å²) >= 11 is 6.11. The van der Waals surface area contributed by atoms with E-state index in [1.165, 1.54) is 18.3 Å². The molecule has 1 amide bonds. The number of amides is 1. The highest BCUT2D eigenvalue weighted by atomic mass is 35.5. The van der Waals surface area contributed by atoms with Gasteiger partial charge in [-0.1, -0.05) is 30.2 Å². The normalized spacial score (nSPS) is 19.1. The van der Waals surface area contributed by atoms with Crippen LogP contribution in [0, 0.1) is 5.92 Å². The molecule has 1 saturated carbocycles. The average molecular weight is 463 g/mol. The van der Waals surface area contributed by atoms with Crippen molar-refractivity contribution in [1.82, 2.24) is 29.6 Å². The smallest absolute Gasteiger partial charge is 0.326 e. The molecule has 11 heteroatoms. The molecule has 3 aromatic rings. The zero-order valence-electron chi connectivity index (χ0n) is 16.8. The number of halogens is 4. The molecule has 1 atom stereocenters. The number of aromatic nitrogens is 5. The summed E-state index contributed by atoms with van der Waals surface area (Å²) < 4.78 is 41.7. The monoisotopic (exact) mass is 462 g/mol. The lowest BCUT2D eigenvalue weighted by Gasteiger charge is -2.44. The molecule has 0 bridgehead atoms. The third kappa shape index (κ3) is 3.52. The summed E-state index contributed by atoms with van der Waals surface area (Å²) in [7, 11) is 0. The lowest BCUT2D eigenvalue weighted by molar-refractivity contribution is -0.137. The number of rotatable bonds is 4. The molecule has 7 nitrogen and oxygen atoms in total. The number of nitrogens with zero attached hydrogens (tertiary/aromatic N) is 6. The van der Waals surface area contributed by atoms with Crippen LogP contribution in [0.4, 0.5) is 13.2 Å². The minimum absolute atomic E-state index is 0.0317. The Bertz CT molecular complexity index is 1160. The summed E-state index contributed by atoms with van der Waals surface area (Å²) in [6, 6.07) is 3.57. The maximum atomic E-state index is 13.4. The average Bonchev–Trinajstić information content (AvgIpc) is 3.14. The zero-order chi connectivity index (χ0) is 22.5. The molecule has 32 heavy (non-hydrogen) atoms. The van der Waals surface area contributed by atoms with Crippen molar-refractivity contribution in [3.8, 4) is 11.5 Å². The number of benzene rings is 1. The van der Waals surface area contributed by atoms with E-state index in [2.05, 4.69) is 20.2 Å². The summed E-state index contributed by atoms with van der Waals surface area (Å²) in [6.45, 7) is 0.400. The quantitative estimate of drug-likeness (QED) is 0.580. The predicted octanol–water partition coefficient (Wildman–Crippen LogP) is 4.23. The largest absolute Gasteiger partial charge is 0.417 e. The van der Waals surface area contributed by atoms with Crippen molar-refractivity contribution in [3.05, 3.63) is 58.8 Å². The fraction of sp³-hybridized carbons (Fsp3) is 0.381. The number of fused-ring (bicyclic) bond motifs is 1. The Morgan fingerprint density at radius 2 is 1.91 bits per heavy atom. The van der Waals surface area contributed by atoms with E-state index in [0.29, 0.717) is 18.1 Å². The molecule has 1 aliphatic heterocycles. The number of hydrogen-bond acceptors (Lipinski definition) is 5. The van der Waals surface area contributed by atoms with E-state index >= 15 is 0 Å². The highest BCUT2D eigenvalue weighted by Gasteiger charge is 2.42. The first-order valence-corrected chi connectivity index (χ1v) is 10.6. The van der Waals surface area contributed by atoms with Gasteiger partial charge in [-0.2, -0.15) is 13.2 Å². The first-order valence-electron chi connectivity index (χ1n) is 10.2. The molecule has 5 rings (SSSR count). The topological polar surface area (TPSA) is 76.8 Å². The standard InChI is InChI=1S/C21H18ClF3N6O/c22-17-13(5-2-6-14(17)21(23,24)25)10-30-16(12-3-1-4-12)11-31-18(15-9-26-7-8-27-15)28-29-19(31)20(30)32/h2,5-9,12,16H,1,3-4,10-11H2. The Morgan fingerprint density at radius 3 is 2.56 bits per heavy atom. The Morgan fingerprint density at radius 1 is 1.12 bits per heavy atom. The Labute approximate surface area is 186 Å². The predicted molar refractivity (Wildman–Crippen MR) is 109 cm³/mol. The summed E-state index contributed by atoms with van der Waals surface area (Å²) in [5.41, 5.74) is -0.156. The van der Waals surface area contributed by atoms with Crippen molar-refractivity contribution >= 4 is 17.5 Å². The summed E-state index contributed by atoms with van der Waals surface area (Å²) in [5.74, 6) is 0.435. The van der Waals surface area contributed by atoms with Gasteiger partial charge in [0.1, 0.15) is 5.69 Å². The van der Waals surface area contributed by atoms with Crippen LogP contribution in [-0.2, 0) is 19.3 Å². The molecule has 0 saturated heterocycles. The van der Waals surface area contributed by atoms with Gasteiger partial charge in [0.25, 0.3) is 5.91 Å². The molecule has 2 aliphatic rings. The van der Waals surface area contributed by atoms with Gasteiger partial charge in [-0.25, -0.2) is 4.98 Å². The van der Waals surface area contributed by atoms with Gasteiger partial charge in [0.2, 0.25) is 5.82 Å². The lowest BCUT2D eigenvalue weighted by Crippen LogP contribution is -2.52. The van der Waals surface area contributed by atoms with Crippen molar-refractivity contribution in [2.45, 2.75) is 44.6 Å². The van der Waals surface area contributed by atoms with E-state index in [1.807, 2.05) is 0 Å². The van der Waals surface area contributed by atoms with Crippen molar-refractivity contribution in [2.75, 3.05) is 0 Å². The van der Waals surface area contributed by atoms with Crippen LogP contribution in [0.5, 0.6) is 0 Å². The van der Waals surface area contributed by atoms with Crippen molar-refractivity contribution in [2.24, 2.45) is 5.92 Å². The van der Waals surface area contributed by atoms with Crippen LogP contribution in [0.3, 0.4) is 0 Å². The van der Waals surface area contributed by atoms with Gasteiger partial charge in [-0.15, -0.1) is 10.2 Å². The highest BCUT2D eigenvalue weighted by Crippen LogP contribution is 2.40. The Hall–Kier alpha value is -3.01. The molecule has 3 heterocycles. The number of carbonyl (C=O) groups is 1. The maximum Gasteiger partial charge on any atom is 0.417 e. The molecule has 1 unspecified atom stereocenters. The molecule has 2 aromatic heterocycles. The van der Waals surface area contributed by atoms with E-state index in [4.69, 9.17) is 11.6 Å². The van der Waals surface area contributed by atoms with Gasteiger partial charge >= 0.3 is 6.18 Å². The van der Waals surface area contributed by atoms with Crippen LogP contribution < -0.4 is 0 Å². The van der Waals surface area contributed by atoms with Crippen LogP contribution in [0.1, 0.15) is 41.0 Å². The van der Waals surface area contributed by atoms with Crippen molar-refractivity contribution in [1.29, 1.82) is 0 Å². The molecular weight excluding hydrogens is 445 g/mol. The minimum Gasteiger partial charge on any atom is -0.326 e. The summed E-state index contributed by atoms with van der Waals surface area (Å²) in [5, 5.41) is 7.83. The fourth-order valence-corrected chi connectivity index (χ4v) is 4.62. The highest BCUT2D eigenvalue weighted by molar-refractivity contribution is 6.32. The van der Waals surface area contributed by atoms with Crippen LogP contribution in [0.15, 0.2) is 36.8 Å². The third-order valence-electron chi connectivity index (χ3n) is 6.18. The molecular formula is C21H18ClF3N6O. The first-order chi connectivity index (χ1) is 15.3. The molecule has 166 valence electrons. The maximum absolute atomic E-state index is 13.4. The molecule has 0 spiro atoms. The summed E-state index contributed by atoms with van der Waals surface area (Å²) in [6.07, 6.45) is 3.00. The second kappa shape index (κ2) is 7.84. The van der Waals surface area contributed by atoms with Gasteiger partial charge in [0.15, 0.2) is 5.82 Å². The van der Waals surface area contributed by atoms with Gasteiger partial charge < -0.3 is 4.90 Å². The summed E-state index contributed by atoms with van der Waals surface area (Å²) in [4.78, 5) is 23.3. The Kier molecular flexibility index (Phi) is 5.11. The molecule has 0 radical (unpaired) electrons. The minimum atomic E-state index is -4.57. The van der Waals surface area contributed by atoms with E-state index in [0.717, 1.165) is 25.3 Å². The van der Waals surface area contributed by atoms with E-state index in [9.17, 15) is 18.0 Å². The Balaban J connectivity index is 1.53. The first kappa shape index (κ1) is 20.9. The zero-order valence-corrected chi connectivity index (χ0v) is 17.5.